The van der Waals surface area contributed by atoms with Crippen LogP contribution in [0, 0.1) is 5.92 Å². The van der Waals surface area contributed by atoms with Crippen molar-refractivity contribution in [2.24, 2.45) is 5.92 Å². The largest absolute Gasteiger partial charge is 0.478 e. The van der Waals surface area contributed by atoms with Gasteiger partial charge < -0.3 is 25.4 Å². The average molecular weight is 482 g/mol. The number of carbonyl (C=O) groups excluding carboxylic acids is 3. The number of benzene rings is 2. The number of hydrogen-bond donors (Lipinski definition) is 3. The Labute approximate surface area is 204 Å². The number of nitrogens with zero attached hydrogens (tertiary/aromatic N) is 1. The SMILES string of the molecule is CN(C(=O)C1CC1)c1ccc(CC(NC(=O)OC(C)(C)C)C(=O)Nc2ccc(C(=O)O)cc2)cc1. The monoisotopic (exact) mass is 481 g/mol. The van der Waals surface area contributed by atoms with Gasteiger partial charge in [-0.15, -0.1) is 0 Å². The number of anilines is 2. The summed E-state index contributed by atoms with van der Waals surface area (Å²) in [6, 6.07) is 12.0. The molecule has 1 aliphatic rings. The molecular weight excluding hydrogens is 450 g/mol. The van der Waals surface area contributed by atoms with Gasteiger partial charge in [-0.05, 0) is 75.6 Å². The molecule has 3 amide bonds. The second kappa shape index (κ2) is 10.6. The van der Waals surface area contributed by atoms with Gasteiger partial charge in [-0.3, -0.25) is 9.59 Å². The van der Waals surface area contributed by atoms with Crippen molar-refractivity contribution in [1.29, 1.82) is 0 Å². The maximum atomic E-state index is 13.0. The van der Waals surface area contributed by atoms with E-state index in [1.54, 1.807) is 32.7 Å². The third-order valence-corrected chi connectivity index (χ3v) is 5.43. The highest BCUT2D eigenvalue weighted by Crippen LogP contribution is 2.32. The summed E-state index contributed by atoms with van der Waals surface area (Å²) in [5, 5.41) is 14.4. The summed E-state index contributed by atoms with van der Waals surface area (Å²) in [6.07, 6.45) is 1.30. The van der Waals surface area contributed by atoms with Crippen LogP contribution < -0.4 is 15.5 Å². The lowest BCUT2D eigenvalue weighted by atomic mass is 10.0. The number of amides is 3. The Morgan fingerprint density at radius 3 is 2.14 bits per heavy atom. The number of ether oxygens (including phenoxy) is 1. The van der Waals surface area contributed by atoms with Crippen LogP contribution in [0.3, 0.4) is 0 Å². The number of alkyl carbamates (subject to hydrolysis) is 1. The van der Waals surface area contributed by atoms with E-state index in [9.17, 15) is 19.2 Å². The van der Waals surface area contributed by atoms with Crippen LogP contribution in [0.15, 0.2) is 48.5 Å². The summed E-state index contributed by atoms with van der Waals surface area (Å²) >= 11 is 0. The van der Waals surface area contributed by atoms with Crippen LogP contribution in [-0.2, 0) is 20.7 Å². The minimum absolute atomic E-state index is 0.0931. The topological polar surface area (TPSA) is 125 Å². The number of nitrogens with one attached hydrogen (secondary N) is 2. The smallest absolute Gasteiger partial charge is 0.408 e. The highest BCUT2D eigenvalue weighted by Gasteiger charge is 2.32. The van der Waals surface area contributed by atoms with Gasteiger partial charge in [0.05, 0.1) is 5.56 Å². The predicted octanol–water partition coefficient (Wildman–Crippen LogP) is 3.83. The Morgan fingerprint density at radius 2 is 1.63 bits per heavy atom. The molecule has 0 radical (unpaired) electrons. The van der Waals surface area contributed by atoms with Crippen molar-refractivity contribution < 1.29 is 29.0 Å². The van der Waals surface area contributed by atoms with Gasteiger partial charge in [0, 0.05) is 30.8 Å². The Kier molecular flexibility index (Phi) is 7.78. The van der Waals surface area contributed by atoms with E-state index in [1.807, 2.05) is 24.3 Å². The molecule has 1 atom stereocenters. The fraction of sp³-hybridized carbons (Fsp3) is 0.385. The predicted molar refractivity (Wildman–Crippen MR) is 131 cm³/mol. The van der Waals surface area contributed by atoms with Gasteiger partial charge in [0.2, 0.25) is 11.8 Å². The maximum absolute atomic E-state index is 13.0. The molecule has 3 rings (SSSR count). The number of carbonyl (C=O) groups is 4. The molecule has 1 saturated carbocycles. The molecular formula is C26H31N3O6. The standard InChI is InChI=1S/C26H31N3O6/c1-26(2,3)35-25(34)28-21(22(30)27-19-11-9-18(10-12-19)24(32)33)15-16-5-13-20(14-6-16)29(4)23(31)17-7-8-17/h5-6,9-14,17,21H,7-8,15H2,1-4H3,(H,27,30)(H,28,34)(H,32,33). The Morgan fingerprint density at radius 1 is 1.03 bits per heavy atom. The zero-order chi connectivity index (χ0) is 25.8. The Balaban J connectivity index is 1.73. The minimum Gasteiger partial charge on any atom is -0.478 e. The third-order valence-electron chi connectivity index (χ3n) is 5.43. The van der Waals surface area contributed by atoms with E-state index < -0.39 is 29.6 Å². The van der Waals surface area contributed by atoms with Crippen molar-refractivity contribution >= 4 is 35.3 Å². The van der Waals surface area contributed by atoms with E-state index in [0.717, 1.165) is 24.1 Å². The number of aromatic carboxylic acids is 1. The van der Waals surface area contributed by atoms with Crippen LogP contribution in [0.1, 0.15) is 49.5 Å². The van der Waals surface area contributed by atoms with E-state index in [-0.39, 0.29) is 23.8 Å². The van der Waals surface area contributed by atoms with Gasteiger partial charge in [-0.2, -0.15) is 0 Å². The van der Waals surface area contributed by atoms with Crippen molar-refractivity contribution in [3.05, 3.63) is 59.7 Å². The van der Waals surface area contributed by atoms with E-state index in [4.69, 9.17) is 9.84 Å². The van der Waals surface area contributed by atoms with Crippen molar-refractivity contribution in [1.82, 2.24) is 5.32 Å². The zero-order valence-electron chi connectivity index (χ0n) is 20.3. The molecule has 1 fully saturated rings. The van der Waals surface area contributed by atoms with Crippen LogP contribution >= 0.6 is 0 Å². The van der Waals surface area contributed by atoms with Gasteiger partial charge in [0.25, 0.3) is 0 Å². The van der Waals surface area contributed by atoms with E-state index in [1.165, 1.54) is 24.3 Å². The minimum atomic E-state index is -1.07. The lowest BCUT2D eigenvalue weighted by Gasteiger charge is -2.24. The molecule has 186 valence electrons. The van der Waals surface area contributed by atoms with Gasteiger partial charge in [0.15, 0.2) is 0 Å². The molecule has 0 aromatic heterocycles. The summed E-state index contributed by atoms with van der Waals surface area (Å²) < 4.78 is 5.31. The van der Waals surface area contributed by atoms with Crippen LogP contribution in [0.4, 0.5) is 16.2 Å². The first kappa shape index (κ1) is 25.7. The highest BCUT2D eigenvalue weighted by molar-refractivity contribution is 5.98. The highest BCUT2D eigenvalue weighted by atomic mass is 16.6. The van der Waals surface area contributed by atoms with Crippen molar-refractivity contribution in [3.8, 4) is 0 Å². The zero-order valence-corrected chi connectivity index (χ0v) is 20.3. The van der Waals surface area contributed by atoms with Gasteiger partial charge in [-0.1, -0.05) is 12.1 Å². The molecule has 3 N–H and O–H groups in total. The molecule has 35 heavy (non-hydrogen) atoms. The molecule has 0 spiro atoms. The summed E-state index contributed by atoms with van der Waals surface area (Å²) in [5.41, 5.74) is 1.28. The number of rotatable bonds is 8. The fourth-order valence-electron chi connectivity index (χ4n) is 3.41. The van der Waals surface area contributed by atoms with E-state index in [0.29, 0.717) is 5.69 Å². The second-order valence-electron chi connectivity index (χ2n) is 9.61. The molecule has 0 aliphatic heterocycles. The fourth-order valence-corrected chi connectivity index (χ4v) is 3.41. The summed E-state index contributed by atoms with van der Waals surface area (Å²) in [7, 11) is 1.74. The molecule has 9 heteroatoms. The quantitative estimate of drug-likeness (QED) is 0.526. The molecule has 1 unspecified atom stereocenters. The van der Waals surface area contributed by atoms with Crippen LogP contribution in [0.25, 0.3) is 0 Å². The number of hydrogen-bond acceptors (Lipinski definition) is 5. The van der Waals surface area contributed by atoms with E-state index in [2.05, 4.69) is 10.6 Å². The first-order valence-electron chi connectivity index (χ1n) is 11.4. The third kappa shape index (κ3) is 7.56. The Bertz CT molecular complexity index is 1090. The lowest BCUT2D eigenvalue weighted by molar-refractivity contribution is -0.119. The van der Waals surface area contributed by atoms with Crippen molar-refractivity contribution in [2.45, 2.75) is 51.7 Å². The molecule has 0 heterocycles. The van der Waals surface area contributed by atoms with E-state index >= 15 is 0 Å². The Hall–Kier alpha value is -3.88. The van der Waals surface area contributed by atoms with Crippen molar-refractivity contribution in [2.75, 3.05) is 17.3 Å². The number of carboxylic acid groups (broad SMARTS) is 1. The molecule has 0 bridgehead atoms. The van der Waals surface area contributed by atoms with Crippen LogP contribution in [-0.4, -0.2) is 47.7 Å². The van der Waals surface area contributed by atoms with Gasteiger partial charge in [-0.25, -0.2) is 9.59 Å². The first-order chi connectivity index (χ1) is 16.4. The van der Waals surface area contributed by atoms with Gasteiger partial charge >= 0.3 is 12.1 Å². The molecule has 2 aromatic carbocycles. The summed E-state index contributed by atoms with van der Waals surface area (Å²) in [4.78, 5) is 50.4. The molecule has 1 aliphatic carbocycles. The number of carboxylic acids is 1. The summed E-state index contributed by atoms with van der Waals surface area (Å²) in [6.45, 7) is 5.18. The molecule has 0 saturated heterocycles. The van der Waals surface area contributed by atoms with Crippen molar-refractivity contribution in [3.63, 3.8) is 0 Å². The van der Waals surface area contributed by atoms with Crippen LogP contribution in [0.5, 0.6) is 0 Å². The molecule has 9 nitrogen and oxygen atoms in total. The normalized spacial score (nSPS) is 13.9. The first-order valence-corrected chi connectivity index (χ1v) is 11.4. The lowest BCUT2D eigenvalue weighted by Crippen LogP contribution is -2.47. The maximum Gasteiger partial charge on any atom is 0.408 e. The molecule has 2 aromatic rings. The average Bonchev–Trinajstić information content (AvgIpc) is 3.63. The second-order valence-corrected chi connectivity index (χ2v) is 9.61. The van der Waals surface area contributed by atoms with Gasteiger partial charge in [0.1, 0.15) is 11.6 Å². The van der Waals surface area contributed by atoms with Crippen LogP contribution in [0.2, 0.25) is 0 Å². The summed E-state index contributed by atoms with van der Waals surface area (Å²) in [5.74, 6) is -1.35.